The zero-order valence-corrected chi connectivity index (χ0v) is 26.9. The Morgan fingerprint density at radius 3 is 2.84 bits per heavy atom. The molecule has 2 aromatic heterocycles. The molecule has 3 aromatic rings. The molecule has 1 aromatic carbocycles. The summed E-state index contributed by atoms with van der Waals surface area (Å²) in [6.45, 7) is 1.24. The second-order valence-corrected chi connectivity index (χ2v) is 13.9. The highest BCUT2D eigenvalue weighted by molar-refractivity contribution is 8.01. The highest BCUT2D eigenvalue weighted by Gasteiger charge is 2.54. The summed E-state index contributed by atoms with van der Waals surface area (Å²) in [5, 5.41) is 31.4. The third kappa shape index (κ3) is 7.61. The van der Waals surface area contributed by atoms with Crippen LogP contribution in [0.5, 0.6) is 0 Å². The van der Waals surface area contributed by atoms with Crippen LogP contribution in [0.25, 0.3) is 0 Å². The molecule has 0 saturated carbocycles. The zero-order chi connectivity index (χ0) is 32.1. The van der Waals surface area contributed by atoms with Gasteiger partial charge in [-0.3, -0.25) is 24.1 Å². The van der Waals surface area contributed by atoms with Crippen molar-refractivity contribution < 1.29 is 33.9 Å². The van der Waals surface area contributed by atoms with Crippen molar-refractivity contribution in [1.29, 1.82) is 0 Å². The fraction of sp³-hybridized carbons (Fsp3) is 0.240. The number of amides is 4. The normalized spacial score (nSPS) is 17.7. The number of rotatable bonds is 13. The Labute approximate surface area is 275 Å². The Morgan fingerprint density at radius 2 is 2.13 bits per heavy atom. The van der Waals surface area contributed by atoms with Crippen LogP contribution in [0.15, 0.2) is 50.4 Å². The standard InChI is InChI=1S/C25H21ClN8O7S4/c1-11-31-32-25(45-11)44-8-12-7-42-22-18(21(38)34(22)19(12)23(39)40)30-20(37)17(15-9-43-24(29-15)27-10-35)33-41-6-16(36)28-14-4-2-3-13(26)5-14/h2-5,9-10,18,22H,6-8H2,1H3,(H,28,36)(H,30,37)(H,39,40)(H,27,29,35)/t18?,22-/m0/s1. The molecule has 1 fully saturated rings. The average Bonchev–Trinajstić information content (AvgIpc) is 3.65. The molecule has 20 heteroatoms. The molecule has 234 valence electrons. The lowest BCUT2D eigenvalue weighted by Gasteiger charge is -2.49. The van der Waals surface area contributed by atoms with E-state index in [1.807, 2.05) is 6.92 Å². The number of thioether (sulfide) groups is 2. The number of fused-ring (bicyclic) bond motifs is 1. The van der Waals surface area contributed by atoms with Crippen molar-refractivity contribution in [2.75, 3.05) is 28.7 Å². The number of aryl methyl sites for hydroxylation is 1. The quantitative estimate of drug-likeness (QED) is 0.0664. The summed E-state index contributed by atoms with van der Waals surface area (Å²) in [7, 11) is 0. The van der Waals surface area contributed by atoms with Gasteiger partial charge in [-0.2, -0.15) is 0 Å². The number of carbonyl (C=O) groups excluding carboxylic acids is 4. The predicted octanol–water partition coefficient (Wildman–Crippen LogP) is 2.42. The van der Waals surface area contributed by atoms with Crippen molar-refractivity contribution in [3.8, 4) is 0 Å². The smallest absolute Gasteiger partial charge is 0.352 e. The van der Waals surface area contributed by atoms with Crippen LogP contribution in [0.4, 0.5) is 10.8 Å². The minimum absolute atomic E-state index is 0.00868. The van der Waals surface area contributed by atoms with E-state index in [0.717, 1.165) is 21.2 Å². The van der Waals surface area contributed by atoms with Crippen molar-refractivity contribution >= 4 is 104 Å². The van der Waals surface area contributed by atoms with E-state index in [1.54, 1.807) is 18.2 Å². The number of carboxylic acid groups (broad SMARTS) is 1. The molecule has 1 unspecified atom stereocenters. The number of nitrogens with one attached hydrogen (secondary N) is 3. The number of hydrogen-bond donors (Lipinski definition) is 4. The minimum Gasteiger partial charge on any atom is -0.477 e. The number of hydrogen-bond acceptors (Lipinski definition) is 14. The van der Waals surface area contributed by atoms with E-state index >= 15 is 0 Å². The van der Waals surface area contributed by atoms with Crippen molar-refractivity contribution in [3.05, 3.63) is 56.6 Å². The number of halogens is 1. The first kappa shape index (κ1) is 32.4. The summed E-state index contributed by atoms with van der Waals surface area (Å²) < 4.78 is 0.682. The first-order valence-electron chi connectivity index (χ1n) is 12.7. The molecule has 5 rings (SSSR count). The van der Waals surface area contributed by atoms with E-state index in [9.17, 15) is 29.1 Å². The van der Waals surface area contributed by atoms with Crippen molar-refractivity contribution in [2.45, 2.75) is 22.7 Å². The lowest BCUT2D eigenvalue weighted by molar-refractivity contribution is -0.150. The molecule has 0 radical (unpaired) electrons. The molecule has 45 heavy (non-hydrogen) atoms. The van der Waals surface area contributed by atoms with E-state index in [4.69, 9.17) is 16.4 Å². The number of anilines is 2. The molecule has 0 spiro atoms. The number of carboxylic acids is 1. The number of thiazole rings is 1. The Morgan fingerprint density at radius 1 is 1.31 bits per heavy atom. The number of benzene rings is 1. The van der Waals surface area contributed by atoms with Crippen LogP contribution < -0.4 is 16.0 Å². The van der Waals surface area contributed by atoms with Gasteiger partial charge in [0.1, 0.15) is 27.8 Å². The lowest BCUT2D eigenvalue weighted by atomic mass is 10.0. The first-order valence-corrected chi connectivity index (χ1v) is 16.8. The van der Waals surface area contributed by atoms with Crippen LogP contribution in [0.1, 0.15) is 10.7 Å². The molecule has 0 bridgehead atoms. The third-order valence-corrected chi connectivity index (χ3v) is 10.4. The average molecular weight is 709 g/mol. The Kier molecular flexibility index (Phi) is 10.3. The van der Waals surface area contributed by atoms with Crippen LogP contribution in [0, 0.1) is 6.92 Å². The van der Waals surface area contributed by atoms with E-state index in [1.165, 1.54) is 46.3 Å². The van der Waals surface area contributed by atoms with Gasteiger partial charge in [-0.05, 0) is 30.7 Å². The molecule has 4 heterocycles. The summed E-state index contributed by atoms with van der Waals surface area (Å²) >= 11 is 11.0. The summed E-state index contributed by atoms with van der Waals surface area (Å²) in [6.07, 6.45) is 0.410. The third-order valence-electron chi connectivity index (χ3n) is 6.02. The number of nitrogens with zero attached hydrogens (tertiary/aromatic N) is 5. The number of oxime groups is 1. The van der Waals surface area contributed by atoms with E-state index in [-0.39, 0.29) is 22.2 Å². The van der Waals surface area contributed by atoms with Crippen molar-refractivity contribution in [2.24, 2.45) is 5.16 Å². The van der Waals surface area contributed by atoms with Gasteiger partial charge in [0.15, 0.2) is 21.8 Å². The summed E-state index contributed by atoms with van der Waals surface area (Å²) in [6, 6.07) is 5.38. The summed E-state index contributed by atoms with van der Waals surface area (Å²) in [5.74, 6) is -2.71. The van der Waals surface area contributed by atoms with Gasteiger partial charge in [0.05, 0.1) is 0 Å². The molecule has 4 amide bonds. The predicted molar refractivity (Wildman–Crippen MR) is 169 cm³/mol. The second-order valence-electron chi connectivity index (χ2n) is 9.07. The van der Waals surface area contributed by atoms with Gasteiger partial charge >= 0.3 is 5.97 Å². The van der Waals surface area contributed by atoms with Gasteiger partial charge in [-0.1, -0.05) is 45.9 Å². The number of aromatic nitrogens is 3. The molecular weight excluding hydrogens is 688 g/mol. The maximum Gasteiger partial charge on any atom is 0.352 e. The highest BCUT2D eigenvalue weighted by Crippen LogP contribution is 2.41. The Hall–Kier alpha value is -4.04. The van der Waals surface area contributed by atoms with Gasteiger partial charge in [-0.25, -0.2) is 9.78 Å². The lowest BCUT2D eigenvalue weighted by Crippen LogP contribution is -2.71. The first-order chi connectivity index (χ1) is 21.6. The zero-order valence-electron chi connectivity index (χ0n) is 22.9. The van der Waals surface area contributed by atoms with Gasteiger partial charge < -0.3 is 25.9 Å². The van der Waals surface area contributed by atoms with Gasteiger partial charge in [0.2, 0.25) is 6.41 Å². The van der Waals surface area contributed by atoms with Crippen LogP contribution in [0.3, 0.4) is 0 Å². The Bertz CT molecular complexity index is 1730. The van der Waals surface area contributed by atoms with Crippen molar-refractivity contribution in [3.63, 3.8) is 0 Å². The molecule has 2 aliphatic rings. The highest BCUT2D eigenvalue weighted by atomic mass is 35.5. The number of β-lactam (4-membered cyclic amide) rings is 1. The van der Waals surface area contributed by atoms with Crippen molar-refractivity contribution in [1.82, 2.24) is 25.4 Å². The molecule has 0 aliphatic carbocycles. The monoisotopic (exact) mass is 708 g/mol. The molecular formula is C25H21ClN8O7S4. The summed E-state index contributed by atoms with van der Waals surface area (Å²) in [5.41, 5.74) is 0.478. The minimum atomic E-state index is -1.26. The maximum absolute atomic E-state index is 13.4. The van der Waals surface area contributed by atoms with Gasteiger partial charge in [-0.15, -0.1) is 33.3 Å². The number of carbonyl (C=O) groups is 5. The molecule has 1 saturated heterocycles. The van der Waals surface area contributed by atoms with Crippen LogP contribution >= 0.6 is 57.8 Å². The summed E-state index contributed by atoms with van der Waals surface area (Å²) in [4.78, 5) is 72.4. The van der Waals surface area contributed by atoms with E-state index in [2.05, 4.69) is 36.3 Å². The molecule has 2 aliphatic heterocycles. The van der Waals surface area contributed by atoms with Crippen LogP contribution in [-0.2, 0) is 28.8 Å². The Balaban J connectivity index is 1.28. The number of aliphatic carboxylic acids is 1. The van der Waals surface area contributed by atoms with Gasteiger partial charge in [0, 0.05) is 27.6 Å². The van der Waals surface area contributed by atoms with Crippen LogP contribution in [-0.4, -0.2) is 90.5 Å². The fourth-order valence-electron chi connectivity index (χ4n) is 4.11. The maximum atomic E-state index is 13.4. The second kappa shape index (κ2) is 14.4. The SMILES string of the molecule is Cc1nnc(SCC2=C(C(=O)O)N3C(=O)C(NC(=O)C(=NOCC(=O)Nc4cccc(Cl)c4)c4csc(NC=O)n4)[C@@H]3SC2)s1. The topological polar surface area (TPSA) is 205 Å². The van der Waals surface area contributed by atoms with Crippen LogP contribution in [0.2, 0.25) is 5.02 Å². The fourth-order valence-corrected chi connectivity index (χ4v) is 8.26. The van der Waals surface area contributed by atoms with Gasteiger partial charge in [0.25, 0.3) is 17.7 Å². The van der Waals surface area contributed by atoms with E-state index < -0.39 is 41.7 Å². The van der Waals surface area contributed by atoms with E-state index in [0.29, 0.717) is 38.5 Å². The molecule has 4 N–H and O–H groups in total. The molecule has 2 atom stereocenters. The molecule has 15 nitrogen and oxygen atoms in total. The largest absolute Gasteiger partial charge is 0.477 e.